The highest BCUT2D eigenvalue weighted by Gasteiger charge is 2.47. The lowest BCUT2D eigenvalue weighted by Crippen LogP contribution is -2.57. The molecule has 2 fully saturated rings. The third-order valence-electron chi connectivity index (χ3n) is 5.24. The van der Waals surface area contributed by atoms with E-state index in [2.05, 4.69) is 10.3 Å². The summed E-state index contributed by atoms with van der Waals surface area (Å²) in [5.41, 5.74) is -0.218. The molecule has 3 heterocycles. The van der Waals surface area contributed by atoms with Crippen LogP contribution in [-0.4, -0.2) is 52.1 Å². The van der Waals surface area contributed by atoms with Crippen LogP contribution in [0.3, 0.4) is 0 Å². The van der Waals surface area contributed by atoms with Gasteiger partial charge in [0.25, 0.3) is 5.91 Å². The van der Waals surface area contributed by atoms with Crippen molar-refractivity contribution in [3.8, 4) is 0 Å². The highest BCUT2D eigenvalue weighted by atomic mass is 16.7. The van der Waals surface area contributed by atoms with Crippen LogP contribution in [0.5, 0.6) is 0 Å². The van der Waals surface area contributed by atoms with Gasteiger partial charge in [-0.25, -0.2) is 4.79 Å². The van der Waals surface area contributed by atoms with Gasteiger partial charge in [-0.15, -0.1) is 0 Å². The van der Waals surface area contributed by atoms with Gasteiger partial charge in [0, 0.05) is 25.1 Å². The third kappa shape index (κ3) is 4.87. The van der Waals surface area contributed by atoms with Crippen LogP contribution in [0.25, 0.3) is 0 Å². The number of amides is 1. The first kappa shape index (κ1) is 22.1. The standard InChI is InChI=1S/C22H25N3O7/c1-13(26)30-16-11-15-17(12-29-22(2,3)32-15)31-20(16)25-10-9-18(24-21(25)28)23-19(27)14-7-5-4-6-8-14/h4-10,15-17,20H,11-12H2,1-3H3,(H,23,24,27,28)/t15-,16-,17-,20-/m1/s1. The van der Waals surface area contributed by atoms with E-state index in [1.165, 1.54) is 23.8 Å². The van der Waals surface area contributed by atoms with Crippen molar-refractivity contribution in [3.63, 3.8) is 0 Å². The highest BCUT2D eigenvalue weighted by Crippen LogP contribution is 2.36. The monoisotopic (exact) mass is 443 g/mol. The van der Waals surface area contributed by atoms with Crippen LogP contribution >= 0.6 is 0 Å². The summed E-state index contributed by atoms with van der Waals surface area (Å²) in [7, 11) is 0. The average Bonchev–Trinajstić information content (AvgIpc) is 2.73. The smallest absolute Gasteiger partial charge is 0.351 e. The first-order valence-electron chi connectivity index (χ1n) is 10.3. The minimum Gasteiger partial charge on any atom is -0.458 e. The maximum atomic E-state index is 12.8. The Kier molecular flexibility index (Phi) is 6.09. The molecule has 4 atom stereocenters. The van der Waals surface area contributed by atoms with Crippen LogP contribution < -0.4 is 11.0 Å². The number of anilines is 1. The number of carbonyl (C=O) groups excluding carboxylic acids is 2. The molecule has 0 radical (unpaired) electrons. The maximum absolute atomic E-state index is 12.8. The predicted molar refractivity (Wildman–Crippen MR) is 112 cm³/mol. The molecule has 10 nitrogen and oxygen atoms in total. The van der Waals surface area contributed by atoms with E-state index in [0.29, 0.717) is 12.0 Å². The number of hydrogen-bond acceptors (Lipinski definition) is 8. The minimum atomic E-state index is -0.910. The van der Waals surface area contributed by atoms with Gasteiger partial charge in [-0.05, 0) is 32.0 Å². The Hall–Kier alpha value is -3.08. The summed E-state index contributed by atoms with van der Waals surface area (Å²) in [5, 5.41) is 2.60. The number of nitrogens with zero attached hydrogens (tertiary/aromatic N) is 2. The fourth-order valence-corrected chi connectivity index (χ4v) is 3.82. The molecule has 2 aliphatic heterocycles. The molecule has 0 unspecified atom stereocenters. The molecule has 4 rings (SSSR count). The van der Waals surface area contributed by atoms with E-state index >= 15 is 0 Å². The molecule has 1 aromatic carbocycles. The van der Waals surface area contributed by atoms with Crippen LogP contribution in [0.1, 0.15) is 43.8 Å². The molecule has 1 amide bonds. The van der Waals surface area contributed by atoms with E-state index in [0.717, 1.165) is 0 Å². The summed E-state index contributed by atoms with van der Waals surface area (Å²) in [5.74, 6) is -1.57. The van der Waals surface area contributed by atoms with Gasteiger partial charge in [-0.3, -0.25) is 14.2 Å². The van der Waals surface area contributed by atoms with Gasteiger partial charge in [-0.1, -0.05) is 18.2 Å². The van der Waals surface area contributed by atoms with Crippen molar-refractivity contribution in [2.45, 2.75) is 57.5 Å². The summed E-state index contributed by atoms with van der Waals surface area (Å²) in [4.78, 5) is 40.7. The number of aromatic nitrogens is 2. The van der Waals surface area contributed by atoms with E-state index < -0.39 is 35.9 Å². The van der Waals surface area contributed by atoms with Crippen molar-refractivity contribution in [1.29, 1.82) is 0 Å². The first-order chi connectivity index (χ1) is 15.2. The molecule has 32 heavy (non-hydrogen) atoms. The fourth-order valence-electron chi connectivity index (χ4n) is 3.82. The van der Waals surface area contributed by atoms with Gasteiger partial charge in [0.05, 0.1) is 12.7 Å². The molecule has 10 heteroatoms. The van der Waals surface area contributed by atoms with Gasteiger partial charge < -0.3 is 24.3 Å². The lowest BCUT2D eigenvalue weighted by atomic mass is 9.99. The van der Waals surface area contributed by atoms with Crippen LogP contribution in [0.4, 0.5) is 5.82 Å². The zero-order valence-corrected chi connectivity index (χ0v) is 18.0. The first-order valence-corrected chi connectivity index (χ1v) is 10.3. The average molecular weight is 443 g/mol. The van der Waals surface area contributed by atoms with Gasteiger partial charge in [0.2, 0.25) is 0 Å². The zero-order chi connectivity index (χ0) is 22.9. The maximum Gasteiger partial charge on any atom is 0.351 e. The van der Waals surface area contributed by atoms with Crippen LogP contribution in [-0.2, 0) is 23.7 Å². The highest BCUT2D eigenvalue weighted by molar-refractivity contribution is 6.03. The molecular weight excluding hydrogens is 418 g/mol. The van der Waals surface area contributed by atoms with E-state index in [1.807, 2.05) is 0 Å². The Morgan fingerprint density at radius 2 is 1.94 bits per heavy atom. The molecule has 2 saturated heterocycles. The second-order valence-corrected chi connectivity index (χ2v) is 8.14. The second-order valence-electron chi connectivity index (χ2n) is 8.14. The van der Waals surface area contributed by atoms with Crippen LogP contribution in [0.15, 0.2) is 47.4 Å². The molecular formula is C22H25N3O7. The van der Waals surface area contributed by atoms with Crippen LogP contribution in [0.2, 0.25) is 0 Å². The van der Waals surface area contributed by atoms with E-state index in [-0.39, 0.29) is 24.4 Å². The van der Waals surface area contributed by atoms with E-state index in [9.17, 15) is 14.4 Å². The molecule has 1 N–H and O–H groups in total. The third-order valence-corrected chi connectivity index (χ3v) is 5.24. The number of ether oxygens (including phenoxy) is 4. The molecule has 0 spiro atoms. The van der Waals surface area contributed by atoms with E-state index in [4.69, 9.17) is 18.9 Å². The normalized spacial score (nSPS) is 26.6. The number of hydrogen-bond donors (Lipinski definition) is 1. The van der Waals surface area contributed by atoms with Gasteiger partial charge in [0.15, 0.2) is 12.0 Å². The van der Waals surface area contributed by atoms with E-state index in [1.54, 1.807) is 44.2 Å². The fraction of sp³-hybridized carbons (Fsp3) is 0.455. The van der Waals surface area contributed by atoms with Crippen molar-refractivity contribution in [2.24, 2.45) is 0 Å². The minimum absolute atomic E-state index is 0.101. The Morgan fingerprint density at radius 3 is 2.62 bits per heavy atom. The Balaban J connectivity index is 1.55. The molecule has 0 saturated carbocycles. The summed E-state index contributed by atoms with van der Waals surface area (Å²) in [6.07, 6.45) is -0.678. The SMILES string of the molecule is CC(=O)O[C@@H]1C[C@H]2OC(C)(C)OC[C@H]2O[C@H]1n1ccc(NC(=O)c2ccccc2)nc1=O. The molecule has 170 valence electrons. The summed E-state index contributed by atoms with van der Waals surface area (Å²) in [6.45, 7) is 5.16. The molecule has 1 aromatic heterocycles. The number of nitrogens with one attached hydrogen (secondary N) is 1. The Bertz CT molecular complexity index is 1050. The number of esters is 1. The van der Waals surface area contributed by atoms with Crippen molar-refractivity contribution in [1.82, 2.24) is 9.55 Å². The summed E-state index contributed by atoms with van der Waals surface area (Å²) < 4.78 is 24.3. The number of fused-ring (bicyclic) bond motifs is 1. The molecule has 2 aromatic rings. The van der Waals surface area contributed by atoms with Gasteiger partial charge >= 0.3 is 11.7 Å². The summed E-state index contributed by atoms with van der Waals surface area (Å²) in [6, 6.07) is 10.1. The lowest BCUT2D eigenvalue weighted by Gasteiger charge is -2.47. The predicted octanol–water partition coefficient (Wildman–Crippen LogP) is 1.87. The quantitative estimate of drug-likeness (QED) is 0.712. The zero-order valence-electron chi connectivity index (χ0n) is 18.0. The molecule has 2 aliphatic rings. The van der Waals surface area contributed by atoms with Crippen molar-refractivity contribution < 1.29 is 28.5 Å². The molecule has 0 aliphatic carbocycles. The van der Waals surface area contributed by atoms with Crippen molar-refractivity contribution in [2.75, 3.05) is 11.9 Å². The Morgan fingerprint density at radius 1 is 1.19 bits per heavy atom. The number of rotatable bonds is 4. The summed E-state index contributed by atoms with van der Waals surface area (Å²) >= 11 is 0. The topological polar surface area (TPSA) is 118 Å². The van der Waals surface area contributed by atoms with Crippen molar-refractivity contribution >= 4 is 17.7 Å². The number of benzene rings is 1. The largest absolute Gasteiger partial charge is 0.458 e. The second kappa shape index (κ2) is 8.81. The number of carbonyl (C=O) groups is 2. The van der Waals surface area contributed by atoms with Crippen LogP contribution in [0, 0.1) is 0 Å². The molecule has 0 bridgehead atoms. The van der Waals surface area contributed by atoms with Gasteiger partial charge in [-0.2, -0.15) is 4.98 Å². The van der Waals surface area contributed by atoms with Crippen molar-refractivity contribution in [3.05, 3.63) is 58.6 Å². The Labute approximate surface area is 184 Å². The lowest BCUT2D eigenvalue weighted by molar-refractivity contribution is -0.344. The van der Waals surface area contributed by atoms with Gasteiger partial charge in [0.1, 0.15) is 18.0 Å².